The lowest BCUT2D eigenvalue weighted by Gasteiger charge is -2.20. The summed E-state index contributed by atoms with van der Waals surface area (Å²) in [5, 5.41) is 0. The van der Waals surface area contributed by atoms with Gasteiger partial charge in [0.2, 0.25) is 0 Å². The summed E-state index contributed by atoms with van der Waals surface area (Å²) in [6.07, 6.45) is 0.0390. The molecule has 0 saturated carbocycles. The molecule has 0 aliphatic carbocycles. The van der Waals surface area contributed by atoms with E-state index in [-0.39, 0.29) is 18.6 Å². The first-order valence-electron chi connectivity index (χ1n) is 7.19. The van der Waals surface area contributed by atoms with E-state index in [0.29, 0.717) is 24.5 Å². The number of esters is 1. The molecule has 0 unspecified atom stereocenters. The van der Waals surface area contributed by atoms with Crippen LogP contribution in [-0.2, 0) is 9.53 Å². The number of benzene rings is 1. The first-order valence-corrected chi connectivity index (χ1v) is 7.19. The van der Waals surface area contributed by atoms with Crippen LogP contribution < -0.4 is 4.74 Å². The van der Waals surface area contributed by atoms with E-state index in [1.807, 2.05) is 20.8 Å². The number of nitrogens with zero attached hydrogens (tertiary/aromatic N) is 1. The molecule has 1 aromatic rings. The van der Waals surface area contributed by atoms with Crippen LogP contribution in [-0.4, -0.2) is 42.6 Å². The number of amides is 1. The lowest BCUT2D eigenvalue weighted by atomic mass is 10.2. The highest BCUT2D eigenvalue weighted by Gasteiger charge is 2.18. The minimum atomic E-state index is -0.401. The summed E-state index contributed by atoms with van der Waals surface area (Å²) in [7, 11) is 0. The minimum Gasteiger partial charge on any atom is -0.491 e. The fraction of sp³-hybridized carbons (Fsp3) is 0.500. The Morgan fingerprint density at radius 2 is 1.95 bits per heavy atom. The molecule has 1 aromatic carbocycles. The normalized spacial score (nSPS) is 10.3. The minimum absolute atomic E-state index is 0.0390. The number of hydrogen-bond donors (Lipinski definition) is 0. The van der Waals surface area contributed by atoms with E-state index in [9.17, 15) is 9.59 Å². The summed E-state index contributed by atoms with van der Waals surface area (Å²) in [4.78, 5) is 25.4. The predicted molar refractivity (Wildman–Crippen MR) is 80.4 cm³/mol. The van der Waals surface area contributed by atoms with Crippen LogP contribution in [0.1, 0.15) is 38.1 Å². The first kappa shape index (κ1) is 17.0. The van der Waals surface area contributed by atoms with Crippen LogP contribution in [0, 0.1) is 0 Å². The molecular formula is C16H23NO4. The van der Waals surface area contributed by atoms with Crippen molar-refractivity contribution in [1.29, 1.82) is 0 Å². The Morgan fingerprint density at radius 3 is 2.52 bits per heavy atom. The van der Waals surface area contributed by atoms with Gasteiger partial charge in [0.1, 0.15) is 12.3 Å². The van der Waals surface area contributed by atoms with Gasteiger partial charge in [-0.1, -0.05) is 6.07 Å². The summed E-state index contributed by atoms with van der Waals surface area (Å²) in [5.74, 6) is 0.0325. The third-order valence-electron chi connectivity index (χ3n) is 2.75. The van der Waals surface area contributed by atoms with Gasteiger partial charge in [-0.2, -0.15) is 0 Å². The van der Waals surface area contributed by atoms with Gasteiger partial charge in [-0.25, -0.2) is 0 Å². The summed E-state index contributed by atoms with van der Waals surface area (Å²) in [5.41, 5.74) is 0.499. The van der Waals surface area contributed by atoms with E-state index in [1.165, 1.54) is 4.90 Å². The summed E-state index contributed by atoms with van der Waals surface area (Å²) >= 11 is 0. The number of ether oxygens (including phenoxy) is 2. The Balaban J connectivity index is 2.82. The largest absolute Gasteiger partial charge is 0.491 e. The maximum atomic E-state index is 12.4. The SMILES string of the molecule is CCOC(=O)CN(CC)C(=O)c1cccc(OC(C)C)c1. The van der Waals surface area contributed by atoms with Crippen molar-refractivity contribution < 1.29 is 19.1 Å². The quantitative estimate of drug-likeness (QED) is 0.725. The van der Waals surface area contributed by atoms with E-state index in [4.69, 9.17) is 9.47 Å². The van der Waals surface area contributed by atoms with Crippen molar-refractivity contribution >= 4 is 11.9 Å². The van der Waals surface area contributed by atoms with Crippen LogP contribution in [0.5, 0.6) is 5.75 Å². The average molecular weight is 293 g/mol. The lowest BCUT2D eigenvalue weighted by molar-refractivity contribution is -0.143. The van der Waals surface area contributed by atoms with Crippen LogP contribution in [0.3, 0.4) is 0 Å². The highest BCUT2D eigenvalue weighted by atomic mass is 16.5. The Bertz CT molecular complexity index is 485. The molecule has 0 spiro atoms. The maximum Gasteiger partial charge on any atom is 0.325 e. The average Bonchev–Trinajstić information content (AvgIpc) is 2.44. The van der Waals surface area contributed by atoms with E-state index in [1.54, 1.807) is 31.2 Å². The van der Waals surface area contributed by atoms with E-state index >= 15 is 0 Å². The zero-order valence-electron chi connectivity index (χ0n) is 13.1. The molecule has 1 amide bonds. The second-order valence-corrected chi connectivity index (χ2v) is 4.82. The molecule has 21 heavy (non-hydrogen) atoms. The molecule has 0 aliphatic rings. The molecule has 0 aromatic heterocycles. The van der Waals surface area contributed by atoms with Crippen molar-refractivity contribution in [2.24, 2.45) is 0 Å². The maximum absolute atomic E-state index is 12.4. The van der Waals surface area contributed by atoms with Gasteiger partial charge in [-0.3, -0.25) is 9.59 Å². The molecule has 0 atom stereocenters. The van der Waals surface area contributed by atoms with Crippen LogP contribution in [0.15, 0.2) is 24.3 Å². The van der Waals surface area contributed by atoms with Crippen LogP contribution >= 0.6 is 0 Å². The van der Waals surface area contributed by atoms with Gasteiger partial charge in [0, 0.05) is 12.1 Å². The van der Waals surface area contributed by atoms with E-state index in [2.05, 4.69) is 0 Å². The zero-order chi connectivity index (χ0) is 15.8. The molecule has 0 fully saturated rings. The smallest absolute Gasteiger partial charge is 0.325 e. The molecule has 0 heterocycles. The first-order chi connectivity index (χ1) is 9.97. The van der Waals surface area contributed by atoms with Gasteiger partial charge < -0.3 is 14.4 Å². The summed E-state index contributed by atoms with van der Waals surface area (Å²) in [6, 6.07) is 6.97. The molecular weight excluding hydrogens is 270 g/mol. The molecule has 0 radical (unpaired) electrons. The Kier molecular flexibility index (Phi) is 6.72. The predicted octanol–water partition coefficient (Wildman–Crippen LogP) is 2.50. The Morgan fingerprint density at radius 1 is 1.24 bits per heavy atom. The van der Waals surface area contributed by atoms with Crippen molar-refractivity contribution in [1.82, 2.24) is 4.90 Å². The zero-order valence-corrected chi connectivity index (χ0v) is 13.1. The lowest BCUT2D eigenvalue weighted by Crippen LogP contribution is -2.36. The van der Waals surface area contributed by atoms with Crippen molar-refractivity contribution in [2.45, 2.75) is 33.8 Å². The van der Waals surface area contributed by atoms with Gasteiger partial charge in [-0.05, 0) is 45.9 Å². The number of carbonyl (C=O) groups excluding carboxylic acids is 2. The molecule has 0 N–H and O–H groups in total. The Labute approximate surface area is 125 Å². The van der Waals surface area contributed by atoms with E-state index in [0.717, 1.165) is 0 Å². The summed E-state index contributed by atoms with van der Waals surface area (Å²) < 4.78 is 10.5. The molecule has 5 heteroatoms. The molecule has 0 bridgehead atoms. The van der Waals surface area contributed by atoms with Gasteiger partial charge in [0.05, 0.1) is 12.7 Å². The topological polar surface area (TPSA) is 55.8 Å². The van der Waals surface area contributed by atoms with Crippen molar-refractivity contribution in [3.05, 3.63) is 29.8 Å². The fourth-order valence-corrected chi connectivity index (χ4v) is 1.85. The van der Waals surface area contributed by atoms with Crippen molar-refractivity contribution in [3.8, 4) is 5.75 Å². The second kappa shape index (κ2) is 8.29. The highest BCUT2D eigenvalue weighted by Crippen LogP contribution is 2.16. The molecule has 1 rings (SSSR count). The van der Waals surface area contributed by atoms with Crippen LogP contribution in [0.4, 0.5) is 0 Å². The number of carbonyl (C=O) groups is 2. The van der Waals surface area contributed by atoms with Gasteiger partial charge in [0.15, 0.2) is 0 Å². The van der Waals surface area contributed by atoms with Gasteiger partial charge >= 0.3 is 5.97 Å². The third kappa shape index (κ3) is 5.45. The summed E-state index contributed by atoms with van der Waals surface area (Å²) in [6.45, 7) is 8.11. The molecule has 116 valence electrons. The Hall–Kier alpha value is -2.04. The number of likely N-dealkylation sites (N-methyl/N-ethyl adjacent to an activating group) is 1. The van der Waals surface area contributed by atoms with Crippen LogP contribution in [0.2, 0.25) is 0 Å². The third-order valence-corrected chi connectivity index (χ3v) is 2.75. The number of rotatable bonds is 7. The van der Waals surface area contributed by atoms with Crippen molar-refractivity contribution in [3.63, 3.8) is 0 Å². The van der Waals surface area contributed by atoms with E-state index < -0.39 is 5.97 Å². The molecule has 0 saturated heterocycles. The fourth-order valence-electron chi connectivity index (χ4n) is 1.85. The molecule has 0 aliphatic heterocycles. The monoisotopic (exact) mass is 293 g/mol. The van der Waals surface area contributed by atoms with Gasteiger partial charge in [-0.15, -0.1) is 0 Å². The van der Waals surface area contributed by atoms with Crippen LogP contribution in [0.25, 0.3) is 0 Å². The molecule has 5 nitrogen and oxygen atoms in total. The second-order valence-electron chi connectivity index (χ2n) is 4.82. The number of hydrogen-bond acceptors (Lipinski definition) is 4. The highest BCUT2D eigenvalue weighted by molar-refractivity contribution is 5.96. The van der Waals surface area contributed by atoms with Crippen molar-refractivity contribution in [2.75, 3.05) is 19.7 Å². The van der Waals surface area contributed by atoms with Gasteiger partial charge in [0.25, 0.3) is 5.91 Å². The standard InChI is InChI=1S/C16H23NO4/c1-5-17(11-15(18)20-6-2)16(19)13-8-7-9-14(10-13)21-12(3)4/h7-10,12H,5-6,11H2,1-4H3.